The number of nitriles is 1. The molecule has 1 heteroatoms. The second kappa shape index (κ2) is 3.94. The van der Waals surface area contributed by atoms with Crippen LogP contribution in [-0.4, -0.2) is 0 Å². The number of hydrogen-bond donors (Lipinski definition) is 0. The molecule has 0 heterocycles. The molecule has 1 rings (SSSR count). The average molecular weight is 165 g/mol. The van der Waals surface area contributed by atoms with Gasteiger partial charge in [0.2, 0.25) is 0 Å². The van der Waals surface area contributed by atoms with Crippen molar-refractivity contribution in [2.45, 2.75) is 52.4 Å². The lowest BCUT2D eigenvalue weighted by Gasteiger charge is -2.33. The van der Waals surface area contributed by atoms with E-state index in [0.717, 1.165) is 25.2 Å². The maximum atomic E-state index is 9.05. The summed E-state index contributed by atoms with van der Waals surface area (Å²) in [6.45, 7) is 4.41. The van der Waals surface area contributed by atoms with E-state index in [0.29, 0.717) is 0 Å². The van der Waals surface area contributed by atoms with Crippen molar-refractivity contribution < 1.29 is 0 Å². The SMILES string of the molecule is CCC1CCC(C#N)(CC)CC1. The Morgan fingerprint density at radius 1 is 1.33 bits per heavy atom. The molecule has 1 nitrogen and oxygen atoms in total. The van der Waals surface area contributed by atoms with Gasteiger partial charge in [0.05, 0.1) is 11.5 Å². The van der Waals surface area contributed by atoms with Crippen LogP contribution in [0.15, 0.2) is 0 Å². The molecule has 1 aliphatic carbocycles. The van der Waals surface area contributed by atoms with Gasteiger partial charge in [0.15, 0.2) is 0 Å². The monoisotopic (exact) mass is 165 g/mol. The van der Waals surface area contributed by atoms with Crippen molar-refractivity contribution in [3.8, 4) is 6.07 Å². The molecule has 0 spiro atoms. The van der Waals surface area contributed by atoms with Crippen LogP contribution in [0, 0.1) is 22.7 Å². The Hall–Kier alpha value is -0.510. The van der Waals surface area contributed by atoms with E-state index in [4.69, 9.17) is 5.26 Å². The maximum absolute atomic E-state index is 9.05. The third kappa shape index (κ3) is 1.80. The summed E-state index contributed by atoms with van der Waals surface area (Å²) in [5.74, 6) is 0.901. The third-order valence-corrected chi connectivity index (χ3v) is 3.55. The summed E-state index contributed by atoms with van der Waals surface area (Å²) >= 11 is 0. The molecule has 0 aromatic heterocycles. The zero-order valence-corrected chi connectivity index (χ0v) is 8.27. The standard InChI is InChI=1S/C11H19N/c1-3-10-5-7-11(4-2,9-12)8-6-10/h10H,3-8H2,1-2H3. The first kappa shape index (κ1) is 9.58. The predicted octanol–water partition coefficient (Wildman–Crippen LogP) is 3.51. The van der Waals surface area contributed by atoms with Crippen molar-refractivity contribution in [3.05, 3.63) is 0 Å². The molecule has 0 N–H and O–H groups in total. The van der Waals surface area contributed by atoms with Gasteiger partial charge < -0.3 is 0 Å². The Morgan fingerprint density at radius 3 is 2.25 bits per heavy atom. The molecule has 1 saturated carbocycles. The quantitative estimate of drug-likeness (QED) is 0.614. The Balaban J connectivity index is 2.49. The van der Waals surface area contributed by atoms with Crippen molar-refractivity contribution >= 4 is 0 Å². The van der Waals surface area contributed by atoms with Gasteiger partial charge in [-0.15, -0.1) is 0 Å². The molecule has 0 bridgehead atoms. The van der Waals surface area contributed by atoms with Crippen LogP contribution < -0.4 is 0 Å². The number of nitrogens with zero attached hydrogens (tertiary/aromatic N) is 1. The smallest absolute Gasteiger partial charge is 0.0689 e. The fourth-order valence-electron chi connectivity index (χ4n) is 2.18. The first-order valence-corrected chi connectivity index (χ1v) is 5.17. The van der Waals surface area contributed by atoms with Gasteiger partial charge in [0.1, 0.15) is 0 Å². The molecule has 0 aliphatic heterocycles. The molecular formula is C11H19N. The van der Waals surface area contributed by atoms with E-state index in [1.54, 1.807) is 0 Å². The Labute approximate surface area is 75.8 Å². The lowest BCUT2D eigenvalue weighted by molar-refractivity contribution is 0.200. The van der Waals surface area contributed by atoms with E-state index in [2.05, 4.69) is 19.9 Å². The van der Waals surface area contributed by atoms with Crippen LogP contribution in [0.2, 0.25) is 0 Å². The van der Waals surface area contributed by atoms with E-state index >= 15 is 0 Å². The fraction of sp³-hybridized carbons (Fsp3) is 0.909. The summed E-state index contributed by atoms with van der Waals surface area (Å²) in [5, 5.41) is 9.05. The third-order valence-electron chi connectivity index (χ3n) is 3.55. The van der Waals surface area contributed by atoms with Crippen LogP contribution in [0.5, 0.6) is 0 Å². The van der Waals surface area contributed by atoms with Crippen LogP contribution in [0.25, 0.3) is 0 Å². The highest BCUT2D eigenvalue weighted by molar-refractivity contribution is 5.00. The highest BCUT2D eigenvalue weighted by Crippen LogP contribution is 2.41. The predicted molar refractivity (Wildman–Crippen MR) is 50.6 cm³/mol. The summed E-state index contributed by atoms with van der Waals surface area (Å²) < 4.78 is 0. The van der Waals surface area contributed by atoms with Gasteiger partial charge in [-0.25, -0.2) is 0 Å². The lowest BCUT2D eigenvalue weighted by Crippen LogP contribution is -2.24. The van der Waals surface area contributed by atoms with Crippen LogP contribution in [0.3, 0.4) is 0 Å². The van der Waals surface area contributed by atoms with Gasteiger partial charge in [-0.1, -0.05) is 20.3 Å². The van der Waals surface area contributed by atoms with Crippen LogP contribution in [0.1, 0.15) is 52.4 Å². The fourth-order valence-corrected chi connectivity index (χ4v) is 2.18. The molecule has 1 aliphatic rings. The summed E-state index contributed by atoms with van der Waals surface area (Å²) in [6, 6.07) is 2.51. The van der Waals surface area contributed by atoms with Crippen molar-refractivity contribution in [2.75, 3.05) is 0 Å². The molecular weight excluding hydrogens is 146 g/mol. The summed E-state index contributed by atoms with van der Waals surface area (Å²) in [4.78, 5) is 0. The molecule has 0 atom stereocenters. The zero-order valence-electron chi connectivity index (χ0n) is 8.27. The molecule has 1 fully saturated rings. The van der Waals surface area contributed by atoms with Gasteiger partial charge in [0.25, 0.3) is 0 Å². The van der Waals surface area contributed by atoms with E-state index < -0.39 is 0 Å². The first-order valence-electron chi connectivity index (χ1n) is 5.17. The molecule has 0 saturated heterocycles. The Bertz CT molecular complexity index is 170. The van der Waals surface area contributed by atoms with E-state index in [9.17, 15) is 0 Å². The van der Waals surface area contributed by atoms with Gasteiger partial charge in [0, 0.05) is 0 Å². The van der Waals surface area contributed by atoms with Crippen LogP contribution >= 0.6 is 0 Å². The second-order valence-electron chi connectivity index (χ2n) is 4.10. The number of hydrogen-bond acceptors (Lipinski definition) is 1. The zero-order chi connectivity index (χ0) is 9.03. The van der Waals surface area contributed by atoms with Crippen molar-refractivity contribution in [3.63, 3.8) is 0 Å². The van der Waals surface area contributed by atoms with Gasteiger partial charge in [-0.3, -0.25) is 0 Å². The summed E-state index contributed by atoms with van der Waals surface area (Å²) in [6.07, 6.45) is 7.16. The Morgan fingerprint density at radius 2 is 1.92 bits per heavy atom. The molecule has 0 unspecified atom stereocenters. The van der Waals surface area contributed by atoms with Crippen LogP contribution in [0.4, 0.5) is 0 Å². The van der Waals surface area contributed by atoms with E-state index in [1.807, 2.05) is 0 Å². The summed E-state index contributed by atoms with van der Waals surface area (Å²) in [5.41, 5.74) is 0.0473. The molecule has 68 valence electrons. The van der Waals surface area contributed by atoms with Crippen molar-refractivity contribution in [1.29, 1.82) is 5.26 Å². The van der Waals surface area contributed by atoms with E-state index in [-0.39, 0.29) is 5.41 Å². The topological polar surface area (TPSA) is 23.8 Å². The first-order chi connectivity index (χ1) is 5.76. The Kier molecular flexibility index (Phi) is 3.14. The van der Waals surface area contributed by atoms with Crippen molar-refractivity contribution in [1.82, 2.24) is 0 Å². The highest BCUT2D eigenvalue weighted by atomic mass is 14.4. The van der Waals surface area contributed by atoms with Gasteiger partial charge >= 0.3 is 0 Å². The van der Waals surface area contributed by atoms with E-state index in [1.165, 1.54) is 19.3 Å². The molecule has 0 radical (unpaired) electrons. The van der Waals surface area contributed by atoms with Gasteiger partial charge in [-0.05, 0) is 38.0 Å². The second-order valence-corrected chi connectivity index (χ2v) is 4.10. The molecule has 0 amide bonds. The summed E-state index contributed by atoms with van der Waals surface area (Å²) in [7, 11) is 0. The van der Waals surface area contributed by atoms with Crippen molar-refractivity contribution in [2.24, 2.45) is 11.3 Å². The highest BCUT2D eigenvalue weighted by Gasteiger charge is 2.32. The van der Waals surface area contributed by atoms with Gasteiger partial charge in [-0.2, -0.15) is 5.26 Å². The average Bonchev–Trinajstić information content (AvgIpc) is 2.18. The maximum Gasteiger partial charge on any atom is 0.0689 e. The molecule has 0 aromatic carbocycles. The lowest BCUT2D eigenvalue weighted by atomic mass is 9.69. The minimum absolute atomic E-state index is 0.0473. The largest absolute Gasteiger partial charge is 0.198 e. The number of rotatable bonds is 2. The van der Waals surface area contributed by atoms with Crippen LogP contribution in [-0.2, 0) is 0 Å². The minimum atomic E-state index is 0.0473. The molecule has 12 heavy (non-hydrogen) atoms. The minimum Gasteiger partial charge on any atom is -0.198 e. The molecule has 0 aromatic rings. The normalized spacial score (nSPS) is 35.9.